The third kappa shape index (κ3) is 2.27. The van der Waals surface area contributed by atoms with Crippen LogP contribution in [0.3, 0.4) is 0 Å². The van der Waals surface area contributed by atoms with Gasteiger partial charge in [0.1, 0.15) is 10.4 Å². The van der Waals surface area contributed by atoms with Crippen LogP contribution < -0.4 is 4.72 Å². The minimum absolute atomic E-state index is 0.0204. The highest BCUT2D eigenvalue weighted by Crippen LogP contribution is 2.26. The first-order valence-electron chi connectivity index (χ1n) is 5.56. The fourth-order valence-corrected chi connectivity index (χ4v) is 3.49. The summed E-state index contributed by atoms with van der Waals surface area (Å²) in [5, 5.41) is 7.26. The Hall–Kier alpha value is -1.93. The summed E-state index contributed by atoms with van der Waals surface area (Å²) in [5.41, 5.74) is 1.04. The Morgan fingerprint density at radius 3 is 2.65 bits per heavy atom. The number of aromatic nitrogens is 2. The molecule has 1 aromatic heterocycles. The Bertz CT molecular complexity index is 876. The van der Waals surface area contributed by atoms with Gasteiger partial charge in [-0.05, 0) is 50.5 Å². The Balaban J connectivity index is 2.09. The van der Waals surface area contributed by atoms with E-state index in [-0.39, 0.29) is 10.4 Å². The molecule has 1 heterocycles. The SMILES string of the molecule is O=S(=O)(Nc1ccccc1Br)c1cccc2nonc12. The topological polar surface area (TPSA) is 85.1 Å². The number of hydrogen-bond donors (Lipinski definition) is 1. The zero-order valence-electron chi connectivity index (χ0n) is 9.95. The molecule has 3 aromatic rings. The molecular formula is C12H8BrN3O3S. The molecule has 102 valence electrons. The van der Waals surface area contributed by atoms with Gasteiger partial charge in [-0.3, -0.25) is 4.72 Å². The molecular weight excluding hydrogens is 346 g/mol. The number of rotatable bonds is 3. The summed E-state index contributed by atoms with van der Waals surface area (Å²) in [6.07, 6.45) is 0. The van der Waals surface area contributed by atoms with E-state index in [1.165, 1.54) is 6.07 Å². The van der Waals surface area contributed by atoms with Crippen molar-refractivity contribution in [3.05, 3.63) is 46.9 Å². The van der Waals surface area contributed by atoms with E-state index in [1.807, 2.05) is 0 Å². The van der Waals surface area contributed by atoms with Crippen molar-refractivity contribution >= 4 is 42.7 Å². The molecule has 20 heavy (non-hydrogen) atoms. The summed E-state index contributed by atoms with van der Waals surface area (Å²) in [5.74, 6) is 0. The van der Waals surface area contributed by atoms with Crippen LogP contribution in [0.15, 0.2) is 56.5 Å². The zero-order valence-corrected chi connectivity index (χ0v) is 12.3. The van der Waals surface area contributed by atoms with Crippen LogP contribution in [-0.4, -0.2) is 18.7 Å². The molecule has 0 spiro atoms. The van der Waals surface area contributed by atoms with Gasteiger partial charge in [-0.2, -0.15) is 0 Å². The standard InChI is InChI=1S/C12H8BrN3O3S/c13-8-4-1-2-5-9(8)16-20(17,18)11-7-3-6-10-12(11)15-19-14-10/h1-7,16H. The van der Waals surface area contributed by atoms with Crippen molar-refractivity contribution in [2.75, 3.05) is 4.72 Å². The zero-order chi connectivity index (χ0) is 14.2. The quantitative estimate of drug-likeness (QED) is 0.782. The van der Waals surface area contributed by atoms with Crippen molar-refractivity contribution in [2.24, 2.45) is 0 Å². The van der Waals surface area contributed by atoms with Gasteiger partial charge in [-0.15, -0.1) is 0 Å². The van der Waals surface area contributed by atoms with E-state index in [0.29, 0.717) is 15.7 Å². The second-order valence-electron chi connectivity index (χ2n) is 3.97. The van der Waals surface area contributed by atoms with Gasteiger partial charge in [-0.25, -0.2) is 13.0 Å². The Kier molecular flexibility index (Phi) is 3.19. The number of anilines is 1. The Morgan fingerprint density at radius 1 is 1.05 bits per heavy atom. The van der Waals surface area contributed by atoms with Crippen LogP contribution in [-0.2, 0) is 10.0 Å². The van der Waals surface area contributed by atoms with Gasteiger partial charge >= 0.3 is 0 Å². The number of fused-ring (bicyclic) bond motifs is 1. The molecule has 0 saturated heterocycles. The molecule has 1 N–H and O–H groups in total. The first kappa shape index (κ1) is 13.1. The maximum absolute atomic E-state index is 12.4. The maximum atomic E-state index is 12.4. The third-order valence-corrected chi connectivity index (χ3v) is 4.75. The van der Waals surface area contributed by atoms with Gasteiger partial charge in [0.15, 0.2) is 5.52 Å². The minimum Gasteiger partial charge on any atom is -0.278 e. The lowest BCUT2D eigenvalue weighted by Crippen LogP contribution is -2.13. The maximum Gasteiger partial charge on any atom is 0.264 e. The van der Waals surface area contributed by atoms with E-state index < -0.39 is 10.0 Å². The smallest absolute Gasteiger partial charge is 0.264 e. The van der Waals surface area contributed by atoms with E-state index in [4.69, 9.17) is 0 Å². The predicted octanol–water partition coefficient (Wildman–Crippen LogP) is 2.79. The highest BCUT2D eigenvalue weighted by Gasteiger charge is 2.21. The summed E-state index contributed by atoms with van der Waals surface area (Å²) >= 11 is 3.29. The average molecular weight is 354 g/mol. The first-order chi connectivity index (χ1) is 9.58. The van der Waals surface area contributed by atoms with E-state index in [1.54, 1.807) is 36.4 Å². The summed E-state index contributed by atoms with van der Waals surface area (Å²) in [4.78, 5) is 0.0204. The van der Waals surface area contributed by atoms with Gasteiger partial charge in [0, 0.05) is 4.47 Å². The molecule has 3 rings (SSSR count). The van der Waals surface area contributed by atoms with Gasteiger partial charge in [-0.1, -0.05) is 18.2 Å². The summed E-state index contributed by atoms with van der Waals surface area (Å²) in [6.45, 7) is 0. The number of benzene rings is 2. The number of sulfonamides is 1. The van der Waals surface area contributed by atoms with E-state index in [9.17, 15) is 8.42 Å². The molecule has 0 saturated carbocycles. The fraction of sp³-hybridized carbons (Fsp3) is 0. The van der Waals surface area contributed by atoms with E-state index in [0.717, 1.165) is 0 Å². The van der Waals surface area contributed by atoms with Crippen LogP contribution in [0.2, 0.25) is 0 Å². The van der Waals surface area contributed by atoms with Crippen molar-refractivity contribution < 1.29 is 13.0 Å². The fourth-order valence-electron chi connectivity index (χ4n) is 1.74. The van der Waals surface area contributed by atoms with Gasteiger partial charge in [0.2, 0.25) is 0 Å². The lowest BCUT2D eigenvalue weighted by molar-refractivity contribution is 0.315. The molecule has 0 amide bonds. The summed E-state index contributed by atoms with van der Waals surface area (Å²) in [6, 6.07) is 11.6. The van der Waals surface area contributed by atoms with Crippen molar-refractivity contribution in [2.45, 2.75) is 4.90 Å². The Morgan fingerprint density at radius 2 is 1.85 bits per heavy atom. The van der Waals surface area contributed by atoms with E-state index in [2.05, 4.69) is 35.6 Å². The molecule has 6 nitrogen and oxygen atoms in total. The molecule has 0 bridgehead atoms. The van der Waals surface area contributed by atoms with Gasteiger partial charge < -0.3 is 0 Å². The van der Waals surface area contributed by atoms with Crippen molar-refractivity contribution in [3.63, 3.8) is 0 Å². The molecule has 0 fully saturated rings. The highest BCUT2D eigenvalue weighted by molar-refractivity contribution is 9.10. The molecule has 0 atom stereocenters. The van der Waals surface area contributed by atoms with Crippen molar-refractivity contribution in [3.8, 4) is 0 Å². The van der Waals surface area contributed by atoms with Gasteiger partial charge in [0.05, 0.1) is 5.69 Å². The predicted molar refractivity (Wildman–Crippen MR) is 76.8 cm³/mol. The summed E-state index contributed by atoms with van der Waals surface area (Å²) < 4.78 is 32.6. The van der Waals surface area contributed by atoms with Crippen LogP contribution in [0.4, 0.5) is 5.69 Å². The van der Waals surface area contributed by atoms with Crippen LogP contribution in [0.5, 0.6) is 0 Å². The molecule has 0 aliphatic carbocycles. The average Bonchev–Trinajstić information content (AvgIpc) is 2.89. The second-order valence-corrected chi connectivity index (χ2v) is 6.48. The first-order valence-corrected chi connectivity index (χ1v) is 7.84. The normalized spacial score (nSPS) is 11.7. The van der Waals surface area contributed by atoms with Crippen LogP contribution in [0.25, 0.3) is 11.0 Å². The lowest BCUT2D eigenvalue weighted by Gasteiger charge is -2.09. The van der Waals surface area contributed by atoms with E-state index >= 15 is 0 Å². The largest absolute Gasteiger partial charge is 0.278 e. The monoisotopic (exact) mass is 353 g/mol. The highest BCUT2D eigenvalue weighted by atomic mass is 79.9. The minimum atomic E-state index is -3.77. The molecule has 0 unspecified atom stereocenters. The van der Waals surface area contributed by atoms with Crippen LogP contribution >= 0.6 is 15.9 Å². The number of nitrogens with zero attached hydrogens (tertiary/aromatic N) is 2. The molecule has 0 aliphatic rings. The molecule has 2 aromatic carbocycles. The number of halogens is 1. The second kappa shape index (κ2) is 4.88. The number of nitrogens with one attached hydrogen (secondary N) is 1. The van der Waals surface area contributed by atoms with Crippen molar-refractivity contribution in [1.29, 1.82) is 0 Å². The lowest BCUT2D eigenvalue weighted by atomic mass is 10.3. The third-order valence-electron chi connectivity index (χ3n) is 2.66. The Labute approximate surface area is 122 Å². The van der Waals surface area contributed by atoms with Crippen LogP contribution in [0, 0.1) is 0 Å². The van der Waals surface area contributed by atoms with Gasteiger partial charge in [0.25, 0.3) is 10.0 Å². The molecule has 0 aliphatic heterocycles. The number of para-hydroxylation sites is 1. The molecule has 8 heteroatoms. The van der Waals surface area contributed by atoms with Crippen molar-refractivity contribution in [1.82, 2.24) is 10.3 Å². The van der Waals surface area contributed by atoms with Crippen LogP contribution in [0.1, 0.15) is 0 Å². The number of hydrogen-bond acceptors (Lipinski definition) is 5. The summed E-state index contributed by atoms with van der Waals surface area (Å²) in [7, 11) is -3.77. The molecule has 0 radical (unpaired) electrons.